The maximum atomic E-state index is 12.5. The van der Waals surface area contributed by atoms with E-state index in [1.54, 1.807) is 6.20 Å². The van der Waals surface area contributed by atoms with Gasteiger partial charge in [0, 0.05) is 24.7 Å². The Morgan fingerprint density at radius 2 is 2.41 bits per heavy atom. The molecule has 0 aliphatic heterocycles. The Bertz CT molecular complexity index is 673. The van der Waals surface area contributed by atoms with E-state index in [0.29, 0.717) is 11.6 Å². The van der Waals surface area contributed by atoms with E-state index >= 15 is 0 Å². The zero-order valence-electron chi connectivity index (χ0n) is 13.3. The highest BCUT2D eigenvalue weighted by molar-refractivity contribution is 5.94. The summed E-state index contributed by atoms with van der Waals surface area (Å²) in [5.74, 6) is 1.27. The van der Waals surface area contributed by atoms with E-state index in [4.69, 9.17) is 4.52 Å². The lowest BCUT2D eigenvalue weighted by atomic mass is 9.88. The van der Waals surface area contributed by atoms with Crippen molar-refractivity contribution >= 4 is 5.91 Å². The monoisotopic (exact) mass is 302 g/mol. The second kappa shape index (κ2) is 5.94. The highest BCUT2D eigenvalue weighted by Gasteiger charge is 2.27. The van der Waals surface area contributed by atoms with Gasteiger partial charge in [-0.05, 0) is 38.7 Å². The molecule has 0 spiro atoms. The van der Waals surface area contributed by atoms with Crippen molar-refractivity contribution < 1.29 is 9.32 Å². The highest BCUT2D eigenvalue weighted by Crippen LogP contribution is 2.28. The van der Waals surface area contributed by atoms with Crippen LogP contribution in [0.25, 0.3) is 0 Å². The molecule has 6 nitrogen and oxygen atoms in total. The summed E-state index contributed by atoms with van der Waals surface area (Å²) >= 11 is 0. The first-order valence-electron chi connectivity index (χ1n) is 7.90. The van der Waals surface area contributed by atoms with Gasteiger partial charge in [0.1, 0.15) is 5.76 Å². The Labute approximate surface area is 129 Å². The Hall–Kier alpha value is -2.11. The average Bonchev–Trinajstić information content (AvgIpc) is 3.12. The number of carbonyl (C=O) groups excluding carboxylic acids is 1. The van der Waals surface area contributed by atoms with Crippen LogP contribution in [0, 0.1) is 5.92 Å². The first-order valence-corrected chi connectivity index (χ1v) is 7.90. The summed E-state index contributed by atoms with van der Waals surface area (Å²) in [6, 6.07) is 1.80. The first-order chi connectivity index (χ1) is 10.6. The van der Waals surface area contributed by atoms with Crippen LogP contribution in [0.2, 0.25) is 0 Å². The standard InChI is InChI=1S/C16H22N4O2/c1-4-20-13(7-8-17-20)11(3)18-16(21)15-12-9-10(2)5-6-14(12)22-19-15/h7-8,10-11H,4-6,9H2,1-3H3,(H,18,21)/t10-,11+/m0/s1. The summed E-state index contributed by atoms with van der Waals surface area (Å²) in [4.78, 5) is 12.5. The second-order valence-electron chi connectivity index (χ2n) is 6.05. The van der Waals surface area contributed by atoms with Crippen LogP contribution in [-0.2, 0) is 19.4 Å². The van der Waals surface area contributed by atoms with E-state index in [2.05, 4.69) is 22.5 Å². The summed E-state index contributed by atoms with van der Waals surface area (Å²) in [5.41, 5.74) is 2.41. The summed E-state index contributed by atoms with van der Waals surface area (Å²) in [6.45, 7) is 6.95. The second-order valence-corrected chi connectivity index (χ2v) is 6.05. The lowest BCUT2D eigenvalue weighted by Crippen LogP contribution is -2.29. The molecule has 0 radical (unpaired) electrons. The molecule has 0 saturated carbocycles. The normalized spacial score (nSPS) is 18.8. The number of carbonyl (C=O) groups is 1. The predicted octanol–water partition coefficient (Wildman–Crippen LogP) is 2.51. The molecule has 0 unspecified atom stereocenters. The molecule has 1 amide bonds. The van der Waals surface area contributed by atoms with Gasteiger partial charge in [0.2, 0.25) is 0 Å². The lowest BCUT2D eigenvalue weighted by Gasteiger charge is -2.18. The van der Waals surface area contributed by atoms with Gasteiger partial charge in [-0.15, -0.1) is 0 Å². The minimum Gasteiger partial charge on any atom is -0.360 e. The molecule has 2 aromatic heterocycles. The lowest BCUT2D eigenvalue weighted by molar-refractivity contribution is 0.0928. The number of fused-ring (bicyclic) bond motifs is 1. The van der Waals surface area contributed by atoms with Crippen molar-refractivity contribution in [1.82, 2.24) is 20.3 Å². The molecule has 1 aliphatic carbocycles. The molecular weight excluding hydrogens is 280 g/mol. The molecule has 6 heteroatoms. The molecule has 3 rings (SSSR count). The summed E-state index contributed by atoms with van der Waals surface area (Å²) in [6.07, 6.45) is 4.58. The van der Waals surface area contributed by atoms with Gasteiger partial charge >= 0.3 is 0 Å². The molecule has 118 valence electrons. The minimum absolute atomic E-state index is 0.122. The van der Waals surface area contributed by atoms with Crippen LogP contribution in [0.15, 0.2) is 16.8 Å². The minimum atomic E-state index is -0.171. The van der Waals surface area contributed by atoms with Crippen molar-refractivity contribution in [3.8, 4) is 0 Å². The topological polar surface area (TPSA) is 73.0 Å². The third-order valence-corrected chi connectivity index (χ3v) is 4.34. The van der Waals surface area contributed by atoms with Crippen molar-refractivity contribution in [2.24, 2.45) is 5.92 Å². The largest absolute Gasteiger partial charge is 0.360 e. The van der Waals surface area contributed by atoms with Crippen LogP contribution < -0.4 is 5.32 Å². The molecular formula is C16H22N4O2. The van der Waals surface area contributed by atoms with Gasteiger partial charge in [-0.25, -0.2) is 0 Å². The Kier molecular flexibility index (Phi) is 4.00. The van der Waals surface area contributed by atoms with E-state index in [9.17, 15) is 4.79 Å². The Balaban J connectivity index is 1.77. The first kappa shape index (κ1) is 14.8. The summed E-state index contributed by atoms with van der Waals surface area (Å²) < 4.78 is 7.23. The van der Waals surface area contributed by atoms with Gasteiger partial charge in [-0.1, -0.05) is 12.1 Å². The van der Waals surface area contributed by atoms with Crippen molar-refractivity contribution in [3.63, 3.8) is 0 Å². The van der Waals surface area contributed by atoms with Crippen LogP contribution in [0.1, 0.15) is 60.7 Å². The van der Waals surface area contributed by atoms with E-state index < -0.39 is 0 Å². The fourth-order valence-electron chi connectivity index (χ4n) is 3.07. The highest BCUT2D eigenvalue weighted by atomic mass is 16.5. The maximum absolute atomic E-state index is 12.5. The molecule has 2 atom stereocenters. The number of hydrogen-bond acceptors (Lipinski definition) is 4. The zero-order valence-corrected chi connectivity index (χ0v) is 13.3. The maximum Gasteiger partial charge on any atom is 0.274 e. The average molecular weight is 302 g/mol. The molecule has 0 saturated heterocycles. The van der Waals surface area contributed by atoms with E-state index in [0.717, 1.165) is 42.8 Å². The number of rotatable bonds is 4. The Morgan fingerprint density at radius 1 is 1.59 bits per heavy atom. The molecule has 0 bridgehead atoms. The number of nitrogens with one attached hydrogen (secondary N) is 1. The number of amides is 1. The SMILES string of the molecule is CCn1nccc1[C@@H](C)NC(=O)c1noc2c1C[C@@H](C)CC2. The summed E-state index contributed by atoms with van der Waals surface area (Å²) in [7, 11) is 0. The summed E-state index contributed by atoms with van der Waals surface area (Å²) in [5, 5.41) is 11.2. The molecule has 22 heavy (non-hydrogen) atoms. The van der Waals surface area contributed by atoms with Crippen LogP contribution in [0.3, 0.4) is 0 Å². The fraction of sp³-hybridized carbons (Fsp3) is 0.562. The van der Waals surface area contributed by atoms with Gasteiger partial charge < -0.3 is 9.84 Å². The van der Waals surface area contributed by atoms with Crippen molar-refractivity contribution in [3.05, 3.63) is 35.0 Å². The molecule has 1 N–H and O–H groups in total. The quantitative estimate of drug-likeness (QED) is 0.942. The third kappa shape index (κ3) is 2.65. The van der Waals surface area contributed by atoms with Crippen LogP contribution >= 0.6 is 0 Å². The van der Waals surface area contributed by atoms with Gasteiger partial charge in [0.25, 0.3) is 5.91 Å². The van der Waals surface area contributed by atoms with E-state index in [1.807, 2.05) is 24.6 Å². The number of aromatic nitrogens is 3. The Morgan fingerprint density at radius 3 is 3.18 bits per heavy atom. The smallest absolute Gasteiger partial charge is 0.274 e. The molecule has 0 aromatic carbocycles. The van der Waals surface area contributed by atoms with Crippen LogP contribution in [0.4, 0.5) is 0 Å². The number of aryl methyl sites for hydroxylation is 2. The van der Waals surface area contributed by atoms with E-state index in [1.165, 1.54) is 0 Å². The van der Waals surface area contributed by atoms with Gasteiger partial charge in [-0.2, -0.15) is 5.10 Å². The van der Waals surface area contributed by atoms with Crippen LogP contribution in [-0.4, -0.2) is 20.8 Å². The van der Waals surface area contributed by atoms with E-state index in [-0.39, 0.29) is 11.9 Å². The van der Waals surface area contributed by atoms with Crippen molar-refractivity contribution in [1.29, 1.82) is 0 Å². The third-order valence-electron chi connectivity index (χ3n) is 4.34. The van der Waals surface area contributed by atoms with Crippen molar-refractivity contribution in [2.75, 3.05) is 0 Å². The van der Waals surface area contributed by atoms with Gasteiger partial charge in [-0.3, -0.25) is 9.48 Å². The molecule has 2 aromatic rings. The fourth-order valence-corrected chi connectivity index (χ4v) is 3.07. The molecule has 0 fully saturated rings. The molecule has 2 heterocycles. The predicted molar refractivity (Wildman–Crippen MR) is 81.5 cm³/mol. The number of hydrogen-bond donors (Lipinski definition) is 1. The van der Waals surface area contributed by atoms with Crippen molar-refractivity contribution in [2.45, 2.75) is 52.6 Å². The van der Waals surface area contributed by atoms with Crippen LogP contribution in [0.5, 0.6) is 0 Å². The van der Waals surface area contributed by atoms with Gasteiger partial charge in [0.15, 0.2) is 5.69 Å². The molecule has 1 aliphatic rings. The number of nitrogens with zero attached hydrogens (tertiary/aromatic N) is 3. The zero-order chi connectivity index (χ0) is 15.7. The van der Waals surface area contributed by atoms with Gasteiger partial charge in [0.05, 0.1) is 11.7 Å².